The highest BCUT2D eigenvalue weighted by atomic mass is 19.2. The number of hydrogen-bond donors (Lipinski definition) is 0. The molecule has 0 bridgehead atoms. The van der Waals surface area contributed by atoms with Gasteiger partial charge in [-0.3, -0.25) is 0 Å². The maximum Gasteiger partial charge on any atom is 0.159 e. The Labute approximate surface area is 163 Å². The van der Waals surface area contributed by atoms with Gasteiger partial charge in [0.1, 0.15) is 0 Å². The van der Waals surface area contributed by atoms with Gasteiger partial charge in [0, 0.05) is 11.1 Å². The third-order valence-electron chi connectivity index (χ3n) is 4.81. The SMILES string of the molecule is CCc1ccc(-c2ccc(C#Cc3ccc4cc(F)c(F)cc4c3)cc2)cc1. The largest absolute Gasteiger partial charge is 0.204 e. The lowest BCUT2D eigenvalue weighted by Gasteiger charge is -2.03. The third-order valence-corrected chi connectivity index (χ3v) is 4.81. The van der Waals surface area contributed by atoms with E-state index < -0.39 is 11.6 Å². The van der Waals surface area contributed by atoms with Crippen molar-refractivity contribution in [1.29, 1.82) is 0 Å². The fraction of sp³-hybridized carbons (Fsp3) is 0.0769. The second-order valence-electron chi connectivity index (χ2n) is 6.71. The Morgan fingerprint density at radius 1 is 0.607 bits per heavy atom. The van der Waals surface area contributed by atoms with Gasteiger partial charge in [-0.2, -0.15) is 0 Å². The molecule has 136 valence electrons. The zero-order valence-electron chi connectivity index (χ0n) is 15.5. The fourth-order valence-corrected chi connectivity index (χ4v) is 3.14. The van der Waals surface area contributed by atoms with E-state index in [0.29, 0.717) is 10.8 Å². The number of fused-ring (bicyclic) bond motifs is 1. The van der Waals surface area contributed by atoms with Crippen molar-refractivity contribution in [3.63, 3.8) is 0 Å². The molecule has 0 amide bonds. The molecular formula is C26H18F2. The molecule has 4 aromatic rings. The van der Waals surface area contributed by atoms with Gasteiger partial charge in [-0.1, -0.05) is 61.2 Å². The monoisotopic (exact) mass is 368 g/mol. The highest BCUT2D eigenvalue weighted by Crippen LogP contribution is 2.21. The maximum absolute atomic E-state index is 13.4. The Morgan fingerprint density at radius 2 is 1.14 bits per heavy atom. The molecule has 0 saturated carbocycles. The van der Waals surface area contributed by atoms with E-state index in [1.54, 1.807) is 12.1 Å². The minimum Gasteiger partial charge on any atom is -0.204 e. The third kappa shape index (κ3) is 3.80. The van der Waals surface area contributed by atoms with Crippen LogP contribution in [0.4, 0.5) is 8.78 Å². The van der Waals surface area contributed by atoms with Crippen LogP contribution < -0.4 is 0 Å². The first-order valence-corrected chi connectivity index (χ1v) is 9.22. The van der Waals surface area contributed by atoms with Crippen molar-refractivity contribution in [2.75, 3.05) is 0 Å². The van der Waals surface area contributed by atoms with E-state index >= 15 is 0 Å². The molecule has 28 heavy (non-hydrogen) atoms. The van der Waals surface area contributed by atoms with Gasteiger partial charge in [0.25, 0.3) is 0 Å². The quantitative estimate of drug-likeness (QED) is 0.343. The Morgan fingerprint density at radius 3 is 1.79 bits per heavy atom. The van der Waals surface area contributed by atoms with Gasteiger partial charge in [0.2, 0.25) is 0 Å². The second kappa shape index (κ2) is 7.66. The smallest absolute Gasteiger partial charge is 0.159 e. The van der Waals surface area contributed by atoms with E-state index in [4.69, 9.17) is 0 Å². The Balaban J connectivity index is 1.57. The second-order valence-corrected chi connectivity index (χ2v) is 6.71. The molecule has 2 heteroatoms. The molecule has 0 unspecified atom stereocenters. The van der Waals surface area contributed by atoms with E-state index in [1.807, 2.05) is 18.2 Å². The lowest BCUT2D eigenvalue weighted by Crippen LogP contribution is -1.85. The molecule has 0 spiro atoms. The summed E-state index contributed by atoms with van der Waals surface area (Å²) in [6.45, 7) is 2.15. The first-order valence-electron chi connectivity index (χ1n) is 9.22. The Kier molecular flexibility index (Phi) is 4.91. The van der Waals surface area contributed by atoms with Gasteiger partial charge < -0.3 is 0 Å². The van der Waals surface area contributed by atoms with Crippen LogP contribution in [0.15, 0.2) is 78.9 Å². The molecule has 0 aliphatic carbocycles. The minimum atomic E-state index is -0.847. The van der Waals surface area contributed by atoms with E-state index in [1.165, 1.54) is 23.3 Å². The van der Waals surface area contributed by atoms with Gasteiger partial charge in [0.15, 0.2) is 11.6 Å². The summed E-state index contributed by atoms with van der Waals surface area (Å²) >= 11 is 0. The summed E-state index contributed by atoms with van der Waals surface area (Å²) in [6, 6.07) is 24.4. The molecule has 0 N–H and O–H groups in total. The molecule has 4 aromatic carbocycles. The lowest BCUT2D eigenvalue weighted by atomic mass is 10.0. The maximum atomic E-state index is 13.4. The standard InChI is InChI=1S/C26H18F2/c1-2-18-5-10-21(11-6-18)22-12-7-19(8-13-22)3-4-20-9-14-23-16-25(27)26(28)17-24(23)15-20/h5-17H,2H2,1H3. The Bertz CT molecular complexity index is 1190. The van der Waals surface area contributed by atoms with Crippen molar-refractivity contribution >= 4 is 10.8 Å². The summed E-state index contributed by atoms with van der Waals surface area (Å²) in [6.07, 6.45) is 1.03. The summed E-state index contributed by atoms with van der Waals surface area (Å²) < 4.78 is 26.7. The van der Waals surface area contributed by atoms with Gasteiger partial charge >= 0.3 is 0 Å². The number of aryl methyl sites for hydroxylation is 1. The zero-order chi connectivity index (χ0) is 19.5. The van der Waals surface area contributed by atoms with Crippen LogP contribution >= 0.6 is 0 Å². The molecule has 0 aliphatic heterocycles. The summed E-state index contributed by atoms with van der Waals surface area (Å²) in [5.74, 6) is 4.54. The molecular weight excluding hydrogens is 350 g/mol. The van der Waals surface area contributed by atoms with Crippen LogP contribution in [0.25, 0.3) is 21.9 Å². The van der Waals surface area contributed by atoms with Crippen LogP contribution in [-0.2, 0) is 6.42 Å². The highest BCUT2D eigenvalue weighted by molar-refractivity contribution is 5.84. The first-order chi connectivity index (χ1) is 13.6. The van der Waals surface area contributed by atoms with Crippen molar-refractivity contribution < 1.29 is 8.78 Å². The number of rotatable bonds is 2. The topological polar surface area (TPSA) is 0 Å². The van der Waals surface area contributed by atoms with Crippen LogP contribution in [0.5, 0.6) is 0 Å². The molecule has 4 rings (SSSR count). The molecule has 0 radical (unpaired) electrons. The normalized spacial score (nSPS) is 10.5. The first kappa shape index (κ1) is 17.9. The zero-order valence-corrected chi connectivity index (χ0v) is 15.5. The minimum absolute atomic E-state index is 0.636. The van der Waals surface area contributed by atoms with E-state index in [0.717, 1.165) is 23.1 Å². The molecule has 0 fully saturated rings. The summed E-state index contributed by atoms with van der Waals surface area (Å²) in [4.78, 5) is 0. The average Bonchev–Trinajstić information content (AvgIpc) is 2.73. The molecule has 0 atom stereocenters. The van der Waals surface area contributed by atoms with Crippen molar-refractivity contribution in [3.05, 3.63) is 107 Å². The number of halogens is 2. The van der Waals surface area contributed by atoms with Crippen LogP contribution in [0.2, 0.25) is 0 Å². The molecule has 0 nitrogen and oxygen atoms in total. The fourth-order valence-electron chi connectivity index (χ4n) is 3.14. The molecule has 0 aliphatic rings. The van der Waals surface area contributed by atoms with E-state index in [2.05, 4.69) is 55.2 Å². The van der Waals surface area contributed by atoms with Crippen molar-refractivity contribution in [3.8, 4) is 23.0 Å². The molecule has 0 heterocycles. The predicted molar refractivity (Wildman–Crippen MR) is 111 cm³/mol. The van der Waals surface area contributed by atoms with Crippen LogP contribution in [0.3, 0.4) is 0 Å². The van der Waals surface area contributed by atoms with Gasteiger partial charge in [0.05, 0.1) is 0 Å². The van der Waals surface area contributed by atoms with Crippen molar-refractivity contribution in [1.82, 2.24) is 0 Å². The van der Waals surface area contributed by atoms with Crippen LogP contribution in [0.1, 0.15) is 23.6 Å². The van der Waals surface area contributed by atoms with Crippen LogP contribution in [0, 0.1) is 23.5 Å². The number of benzene rings is 4. The summed E-state index contributed by atoms with van der Waals surface area (Å²) in [7, 11) is 0. The van der Waals surface area contributed by atoms with Crippen molar-refractivity contribution in [2.45, 2.75) is 13.3 Å². The lowest BCUT2D eigenvalue weighted by molar-refractivity contribution is 0.511. The molecule has 0 saturated heterocycles. The summed E-state index contributed by atoms with van der Waals surface area (Å²) in [5, 5.41) is 1.29. The van der Waals surface area contributed by atoms with Gasteiger partial charge in [-0.15, -0.1) is 0 Å². The van der Waals surface area contributed by atoms with Crippen LogP contribution in [-0.4, -0.2) is 0 Å². The summed E-state index contributed by atoms with van der Waals surface area (Å²) in [5.41, 5.74) is 5.32. The average molecular weight is 368 g/mol. The van der Waals surface area contributed by atoms with E-state index in [-0.39, 0.29) is 0 Å². The Hall–Kier alpha value is -3.44. The molecule has 0 aromatic heterocycles. The highest BCUT2D eigenvalue weighted by Gasteiger charge is 2.04. The van der Waals surface area contributed by atoms with Crippen molar-refractivity contribution in [2.24, 2.45) is 0 Å². The number of hydrogen-bond acceptors (Lipinski definition) is 0. The van der Waals surface area contributed by atoms with Gasteiger partial charge in [-0.05, 0) is 70.3 Å². The van der Waals surface area contributed by atoms with Gasteiger partial charge in [-0.25, -0.2) is 8.78 Å². The predicted octanol–water partition coefficient (Wildman–Crippen LogP) is 6.75. The van der Waals surface area contributed by atoms with E-state index in [9.17, 15) is 8.78 Å².